The minimum atomic E-state index is -0.414. The number of hydrogen-bond acceptors (Lipinski definition) is 5. The Bertz CT molecular complexity index is 991. The number of aromatic amines is 1. The number of pyridine rings is 1. The Balaban J connectivity index is 2.01. The molecule has 1 aromatic carbocycles. The summed E-state index contributed by atoms with van der Waals surface area (Å²) in [5.74, 6) is 0.796. The molecule has 0 aliphatic carbocycles. The molecule has 3 rings (SSSR count). The van der Waals surface area contributed by atoms with Crippen molar-refractivity contribution in [3.8, 4) is 28.8 Å². The van der Waals surface area contributed by atoms with E-state index in [-0.39, 0.29) is 10.7 Å². The molecule has 0 unspecified atom stereocenters. The average Bonchev–Trinajstić information content (AvgIpc) is 2.57. The molecule has 24 heavy (non-hydrogen) atoms. The lowest BCUT2D eigenvalue weighted by Crippen LogP contribution is -2.12. The van der Waals surface area contributed by atoms with E-state index in [1.54, 1.807) is 49.4 Å². The van der Waals surface area contributed by atoms with Gasteiger partial charge in [0.2, 0.25) is 5.88 Å². The summed E-state index contributed by atoms with van der Waals surface area (Å²) >= 11 is 5.69. The Labute approximate surface area is 142 Å². The molecule has 0 aliphatic heterocycles. The van der Waals surface area contributed by atoms with E-state index in [4.69, 9.17) is 16.3 Å². The van der Waals surface area contributed by atoms with Gasteiger partial charge in [0.1, 0.15) is 17.4 Å². The van der Waals surface area contributed by atoms with E-state index in [2.05, 4.69) is 15.2 Å². The Morgan fingerprint density at radius 2 is 2.04 bits per heavy atom. The van der Waals surface area contributed by atoms with Gasteiger partial charge in [0.15, 0.2) is 5.15 Å². The Morgan fingerprint density at radius 1 is 1.21 bits per heavy atom. The number of aromatic nitrogens is 3. The average molecular weight is 339 g/mol. The number of aryl methyl sites for hydroxylation is 1. The number of hydrogen-bond donors (Lipinski definition) is 1. The van der Waals surface area contributed by atoms with Crippen molar-refractivity contribution in [2.75, 3.05) is 0 Å². The van der Waals surface area contributed by atoms with Crippen LogP contribution in [0.1, 0.15) is 11.3 Å². The van der Waals surface area contributed by atoms with Crippen LogP contribution in [0.2, 0.25) is 5.15 Å². The van der Waals surface area contributed by atoms with Crippen molar-refractivity contribution in [3.63, 3.8) is 0 Å². The van der Waals surface area contributed by atoms with Gasteiger partial charge in [0.25, 0.3) is 5.56 Å². The summed E-state index contributed by atoms with van der Waals surface area (Å²) in [7, 11) is 0. The highest BCUT2D eigenvalue weighted by molar-refractivity contribution is 6.29. The van der Waals surface area contributed by atoms with Crippen LogP contribution in [0.4, 0.5) is 0 Å². The standard InChI is InChI=1S/C17H11ClN4O2/c1-10-7-13(14(9-19)17(23)20-10)11-3-2-4-12(8-11)24-16-6-5-15(18)21-22-16/h2-8H,1H3,(H,20,23). The maximum absolute atomic E-state index is 11.9. The molecule has 0 spiro atoms. The molecular formula is C17H11ClN4O2. The molecule has 2 aromatic heterocycles. The summed E-state index contributed by atoms with van der Waals surface area (Å²) in [5, 5.41) is 17.1. The molecule has 0 bridgehead atoms. The number of nitriles is 1. The molecule has 3 aromatic rings. The van der Waals surface area contributed by atoms with Crippen molar-refractivity contribution in [2.45, 2.75) is 6.92 Å². The van der Waals surface area contributed by atoms with E-state index in [1.165, 1.54) is 0 Å². The van der Waals surface area contributed by atoms with E-state index in [1.807, 2.05) is 6.07 Å². The van der Waals surface area contributed by atoms with Crippen LogP contribution in [-0.2, 0) is 0 Å². The first kappa shape index (κ1) is 15.7. The molecule has 0 saturated heterocycles. The monoisotopic (exact) mass is 338 g/mol. The molecule has 0 amide bonds. The third-order valence-electron chi connectivity index (χ3n) is 3.25. The van der Waals surface area contributed by atoms with Crippen LogP contribution in [0.25, 0.3) is 11.1 Å². The number of ether oxygens (including phenoxy) is 1. The van der Waals surface area contributed by atoms with Gasteiger partial charge in [-0.1, -0.05) is 23.7 Å². The molecule has 0 atom stereocenters. The van der Waals surface area contributed by atoms with Crippen LogP contribution in [0.3, 0.4) is 0 Å². The first-order chi connectivity index (χ1) is 11.6. The van der Waals surface area contributed by atoms with E-state index < -0.39 is 5.56 Å². The zero-order valence-electron chi connectivity index (χ0n) is 12.6. The van der Waals surface area contributed by atoms with Gasteiger partial charge < -0.3 is 9.72 Å². The smallest absolute Gasteiger partial charge is 0.266 e. The Kier molecular flexibility index (Phi) is 4.27. The third kappa shape index (κ3) is 3.26. The predicted octanol–water partition coefficient (Wildman–Crippen LogP) is 3.46. The van der Waals surface area contributed by atoms with Gasteiger partial charge in [0, 0.05) is 17.3 Å². The minimum absolute atomic E-state index is 0.0593. The van der Waals surface area contributed by atoms with E-state index >= 15 is 0 Å². The van der Waals surface area contributed by atoms with Crippen LogP contribution in [-0.4, -0.2) is 15.2 Å². The van der Waals surface area contributed by atoms with Crippen molar-refractivity contribution in [3.05, 3.63) is 69.2 Å². The molecule has 0 fully saturated rings. The van der Waals surface area contributed by atoms with Crippen LogP contribution in [0, 0.1) is 18.3 Å². The second-order valence-corrected chi connectivity index (χ2v) is 5.39. The maximum atomic E-state index is 11.9. The fourth-order valence-electron chi connectivity index (χ4n) is 2.23. The lowest BCUT2D eigenvalue weighted by Gasteiger charge is -2.08. The molecule has 2 heterocycles. The minimum Gasteiger partial charge on any atom is -0.438 e. The van der Waals surface area contributed by atoms with Crippen molar-refractivity contribution in [2.24, 2.45) is 0 Å². The van der Waals surface area contributed by atoms with E-state index in [9.17, 15) is 10.1 Å². The fourth-order valence-corrected chi connectivity index (χ4v) is 2.33. The molecular weight excluding hydrogens is 328 g/mol. The summed E-state index contributed by atoms with van der Waals surface area (Å²) in [6.45, 7) is 1.76. The summed E-state index contributed by atoms with van der Waals surface area (Å²) < 4.78 is 5.63. The molecule has 6 nitrogen and oxygen atoms in total. The molecule has 1 N–H and O–H groups in total. The lowest BCUT2D eigenvalue weighted by molar-refractivity contribution is 0.455. The third-order valence-corrected chi connectivity index (χ3v) is 3.46. The van der Waals surface area contributed by atoms with Gasteiger partial charge >= 0.3 is 0 Å². The highest BCUT2D eigenvalue weighted by Crippen LogP contribution is 2.28. The first-order valence-electron chi connectivity index (χ1n) is 6.98. The Morgan fingerprint density at radius 3 is 2.75 bits per heavy atom. The Hall–Kier alpha value is -3.17. The highest BCUT2D eigenvalue weighted by Gasteiger charge is 2.11. The first-order valence-corrected chi connectivity index (χ1v) is 7.36. The van der Waals surface area contributed by atoms with Gasteiger partial charge in [0.05, 0.1) is 0 Å². The van der Waals surface area contributed by atoms with Crippen molar-refractivity contribution in [1.29, 1.82) is 5.26 Å². The molecule has 0 aliphatic rings. The number of halogens is 1. The number of benzene rings is 1. The number of H-pyrrole nitrogens is 1. The van der Waals surface area contributed by atoms with Crippen LogP contribution < -0.4 is 10.3 Å². The van der Waals surface area contributed by atoms with Crippen molar-refractivity contribution in [1.82, 2.24) is 15.2 Å². The zero-order valence-corrected chi connectivity index (χ0v) is 13.3. The molecule has 0 radical (unpaired) electrons. The molecule has 7 heteroatoms. The SMILES string of the molecule is Cc1cc(-c2cccc(Oc3ccc(Cl)nn3)c2)c(C#N)c(=O)[nH]1. The highest BCUT2D eigenvalue weighted by atomic mass is 35.5. The van der Waals surface area contributed by atoms with Crippen molar-refractivity contribution < 1.29 is 4.74 Å². The van der Waals surface area contributed by atoms with Gasteiger partial charge in [-0.05, 0) is 36.8 Å². The normalized spacial score (nSPS) is 10.2. The summed E-state index contributed by atoms with van der Waals surface area (Å²) in [6.07, 6.45) is 0. The van der Waals surface area contributed by atoms with Gasteiger partial charge in [-0.25, -0.2) is 0 Å². The largest absolute Gasteiger partial charge is 0.438 e. The molecule has 118 valence electrons. The van der Waals surface area contributed by atoms with Crippen molar-refractivity contribution >= 4 is 11.6 Å². The predicted molar refractivity (Wildman–Crippen MR) is 89.1 cm³/mol. The van der Waals surface area contributed by atoms with Gasteiger partial charge in [-0.3, -0.25) is 4.79 Å². The van der Waals surface area contributed by atoms with E-state index in [0.717, 1.165) is 0 Å². The van der Waals surface area contributed by atoms with Crippen LogP contribution in [0.5, 0.6) is 11.6 Å². The number of rotatable bonds is 3. The van der Waals surface area contributed by atoms with Crippen LogP contribution in [0.15, 0.2) is 47.3 Å². The quantitative estimate of drug-likeness (QED) is 0.789. The number of nitrogens with one attached hydrogen (secondary N) is 1. The van der Waals surface area contributed by atoms with Gasteiger partial charge in [-0.15, -0.1) is 10.2 Å². The molecule has 0 saturated carbocycles. The van der Waals surface area contributed by atoms with Gasteiger partial charge in [-0.2, -0.15) is 5.26 Å². The summed E-state index contributed by atoms with van der Waals surface area (Å²) in [4.78, 5) is 14.6. The summed E-state index contributed by atoms with van der Waals surface area (Å²) in [5.41, 5.74) is 1.56. The second-order valence-electron chi connectivity index (χ2n) is 5.01. The van der Waals surface area contributed by atoms with Crippen LogP contribution >= 0.6 is 11.6 Å². The maximum Gasteiger partial charge on any atom is 0.266 e. The summed E-state index contributed by atoms with van der Waals surface area (Å²) in [6, 6.07) is 13.9. The topological polar surface area (TPSA) is 91.7 Å². The second kappa shape index (κ2) is 6.52. The fraction of sp³-hybridized carbons (Fsp3) is 0.0588. The number of nitrogens with zero attached hydrogens (tertiary/aromatic N) is 3. The lowest BCUT2D eigenvalue weighted by atomic mass is 10.0. The van der Waals surface area contributed by atoms with E-state index in [0.29, 0.717) is 28.5 Å². The zero-order chi connectivity index (χ0) is 17.1.